The first-order valence-electron chi connectivity index (χ1n) is 9.51. The van der Waals surface area contributed by atoms with Crippen molar-refractivity contribution in [2.45, 2.75) is 59.4 Å². The molecule has 4 heteroatoms. The zero-order chi connectivity index (χ0) is 19.3. The molecule has 0 bridgehead atoms. The summed E-state index contributed by atoms with van der Waals surface area (Å²) in [5, 5.41) is 2.54. The number of furan rings is 1. The minimum Gasteiger partial charge on any atom is -0.459 e. The van der Waals surface area contributed by atoms with Gasteiger partial charge >= 0.3 is 0 Å². The van der Waals surface area contributed by atoms with Crippen LogP contribution in [0.5, 0.6) is 0 Å². The Morgan fingerprint density at radius 3 is 2.63 bits per heavy atom. The molecule has 0 aromatic carbocycles. The van der Waals surface area contributed by atoms with Crippen molar-refractivity contribution in [1.82, 2.24) is 4.98 Å². The first-order chi connectivity index (χ1) is 12.8. The van der Waals surface area contributed by atoms with Gasteiger partial charge in [0.1, 0.15) is 5.76 Å². The number of fused-ring (bicyclic) bond motifs is 2. The van der Waals surface area contributed by atoms with E-state index in [1.165, 1.54) is 26.1 Å². The fourth-order valence-electron chi connectivity index (χ4n) is 4.01. The van der Waals surface area contributed by atoms with Gasteiger partial charge < -0.3 is 4.42 Å². The lowest BCUT2D eigenvalue weighted by Crippen LogP contribution is -2.35. The molecule has 0 aliphatic rings. The molecule has 4 aromatic rings. The maximum absolute atomic E-state index is 6.11. The van der Waals surface area contributed by atoms with Crippen LogP contribution in [0.25, 0.3) is 21.1 Å². The molecule has 0 amide bonds. The molecular formula is C23H27N2OS+. The predicted octanol–water partition coefficient (Wildman–Crippen LogP) is 6.05. The Bertz CT molecular complexity index is 1130. The summed E-state index contributed by atoms with van der Waals surface area (Å²) in [5.41, 5.74) is 3.71. The molecule has 0 saturated heterocycles. The zero-order valence-corrected chi connectivity index (χ0v) is 17.8. The molecule has 0 spiro atoms. The molecule has 140 valence electrons. The van der Waals surface area contributed by atoms with Gasteiger partial charge in [0.2, 0.25) is 0 Å². The van der Waals surface area contributed by atoms with Crippen LogP contribution in [0.4, 0.5) is 0 Å². The summed E-state index contributed by atoms with van der Waals surface area (Å²) >= 11 is 1.92. The highest BCUT2D eigenvalue weighted by atomic mass is 32.1. The van der Waals surface area contributed by atoms with Gasteiger partial charge in [-0.05, 0) is 43.4 Å². The lowest BCUT2D eigenvalue weighted by atomic mass is 9.91. The Kier molecular flexibility index (Phi) is 4.34. The van der Waals surface area contributed by atoms with E-state index in [0.717, 1.165) is 23.3 Å². The van der Waals surface area contributed by atoms with E-state index >= 15 is 0 Å². The summed E-state index contributed by atoms with van der Waals surface area (Å²) in [6.07, 6.45) is 8.12. The quantitative estimate of drug-likeness (QED) is 0.406. The fraction of sp³-hybridized carbons (Fsp3) is 0.391. The van der Waals surface area contributed by atoms with Gasteiger partial charge in [-0.25, -0.2) is 4.57 Å². The van der Waals surface area contributed by atoms with Gasteiger partial charge in [-0.3, -0.25) is 4.98 Å². The molecule has 0 aliphatic carbocycles. The normalized spacial score (nSPS) is 13.6. The van der Waals surface area contributed by atoms with E-state index in [9.17, 15) is 0 Å². The highest BCUT2D eigenvalue weighted by molar-refractivity contribution is 7.19. The van der Waals surface area contributed by atoms with E-state index in [2.05, 4.69) is 69.6 Å². The first kappa shape index (κ1) is 18.2. The van der Waals surface area contributed by atoms with Crippen LogP contribution in [-0.2, 0) is 12.0 Å². The largest absolute Gasteiger partial charge is 0.459 e. The van der Waals surface area contributed by atoms with Crippen LogP contribution in [0.15, 0.2) is 41.3 Å². The monoisotopic (exact) mass is 379 g/mol. The van der Waals surface area contributed by atoms with Crippen molar-refractivity contribution in [3.63, 3.8) is 0 Å². The number of hydrogen-bond donors (Lipinski definition) is 0. The highest BCUT2D eigenvalue weighted by Gasteiger charge is 2.24. The second-order valence-electron chi connectivity index (χ2n) is 8.59. The Labute approximate surface area is 164 Å². The molecule has 1 unspecified atom stereocenters. The van der Waals surface area contributed by atoms with Crippen LogP contribution in [0, 0.1) is 13.8 Å². The van der Waals surface area contributed by atoms with Crippen LogP contribution in [0.2, 0.25) is 0 Å². The van der Waals surface area contributed by atoms with Crippen molar-refractivity contribution in [3.8, 4) is 0 Å². The van der Waals surface area contributed by atoms with E-state index in [0.29, 0.717) is 5.92 Å². The Hall–Kier alpha value is -2.20. The SMILES string of the molecule is Cc1c(C(C)C[n+]2ccc3c(C)c(C(C)(C)C)sc3c2)oc2cnccc12. The van der Waals surface area contributed by atoms with E-state index in [4.69, 9.17) is 4.42 Å². The maximum Gasteiger partial charge on any atom is 0.186 e. The lowest BCUT2D eigenvalue weighted by molar-refractivity contribution is -0.698. The number of aromatic nitrogens is 2. The van der Waals surface area contributed by atoms with Gasteiger partial charge in [-0.2, -0.15) is 0 Å². The van der Waals surface area contributed by atoms with Gasteiger partial charge in [0.15, 0.2) is 24.5 Å². The third-order valence-corrected chi connectivity index (χ3v) is 7.00. The molecule has 0 saturated carbocycles. The number of hydrogen-bond acceptors (Lipinski definition) is 3. The number of aryl methyl sites for hydroxylation is 2. The Morgan fingerprint density at radius 1 is 1.15 bits per heavy atom. The van der Waals surface area contributed by atoms with Gasteiger partial charge in [-0.1, -0.05) is 20.8 Å². The minimum atomic E-state index is 0.186. The third-order valence-electron chi connectivity index (χ3n) is 5.33. The Morgan fingerprint density at radius 2 is 1.93 bits per heavy atom. The lowest BCUT2D eigenvalue weighted by Gasteiger charge is -2.17. The van der Waals surface area contributed by atoms with Crippen molar-refractivity contribution < 1.29 is 8.98 Å². The van der Waals surface area contributed by atoms with Crippen LogP contribution < -0.4 is 4.57 Å². The Balaban J connectivity index is 1.67. The summed E-state index contributed by atoms with van der Waals surface area (Å²) in [6, 6.07) is 4.30. The molecule has 0 fully saturated rings. The minimum absolute atomic E-state index is 0.186. The van der Waals surface area contributed by atoms with Gasteiger partial charge in [0.25, 0.3) is 0 Å². The van der Waals surface area contributed by atoms with Crippen LogP contribution in [-0.4, -0.2) is 4.98 Å². The van der Waals surface area contributed by atoms with E-state index in [1.54, 1.807) is 6.20 Å². The predicted molar refractivity (Wildman–Crippen MR) is 113 cm³/mol. The average molecular weight is 380 g/mol. The van der Waals surface area contributed by atoms with Gasteiger partial charge in [-0.15, -0.1) is 11.3 Å². The van der Waals surface area contributed by atoms with Gasteiger partial charge in [0.05, 0.1) is 16.8 Å². The van der Waals surface area contributed by atoms with Crippen molar-refractivity contribution >= 4 is 32.4 Å². The van der Waals surface area contributed by atoms with Crippen LogP contribution in [0.1, 0.15) is 55.4 Å². The molecule has 27 heavy (non-hydrogen) atoms. The third kappa shape index (κ3) is 3.16. The average Bonchev–Trinajstić information content (AvgIpc) is 3.13. The summed E-state index contributed by atoms with van der Waals surface area (Å²) in [5.74, 6) is 1.35. The molecule has 0 aliphatic heterocycles. The molecule has 0 N–H and O–H groups in total. The smallest absolute Gasteiger partial charge is 0.186 e. The zero-order valence-electron chi connectivity index (χ0n) is 17.0. The van der Waals surface area contributed by atoms with Gasteiger partial charge in [0, 0.05) is 27.9 Å². The molecule has 1 atom stereocenters. The molecule has 4 aromatic heterocycles. The summed E-state index contributed by atoms with van der Waals surface area (Å²) in [4.78, 5) is 5.65. The molecule has 0 radical (unpaired) electrons. The van der Waals surface area contributed by atoms with E-state index < -0.39 is 0 Å². The standard InChI is InChI=1S/C23H27N2OS/c1-14(21-15(2)17-7-9-24-11-19(17)26-21)12-25-10-8-18-16(3)22(23(4,5)6)27-20(18)13-25/h7-11,13-14H,12H2,1-6H3/q+1. The summed E-state index contributed by atoms with van der Waals surface area (Å²) < 4.78 is 9.77. The maximum atomic E-state index is 6.11. The van der Waals surface area contributed by atoms with E-state index in [-0.39, 0.29) is 5.41 Å². The van der Waals surface area contributed by atoms with Crippen molar-refractivity contribution in [1.29, 1.82) is 0 Å². The fourth-order valence-corrected chi connectivity index (χ4v) is 5.32. The second kappa shape index (κ2) is 6.45. The number of pyridine rings is 2. The molecule has 4 rings (SSSR count). The molecule has 3 nitrogen and oxygen atoms in total. The first-order valence-corrected chi connectivity index (χ1v) is 10.3. The summed E-state index contributed by atoms with van der Waals surface area (Å²) in [6.45, 7) is 14.4. The summed E-state index contributed by atoms with van der Waals surface area (Å²) in [7, 11) is 0. The molecular weight excluding hydrogens is 352 g/mol. The number of thiophene rings is 1. The van der Waals surface area contributed by atoms with Crippen LogP contribution >= 0.6 is 11.3 Å². The van der Waals surface area contributed by atoms with Crippen LogP contribution in [0.3, 0.4) is 0 Å². The molecule has 4 heterocycles. The topological polar surface area (TPSA) is 29.9 Å². The highest BCUT2D eigenvalue weighted by Crippen LogP contribution is 2.38. The van der Waals surface area contributed by atoms with Crippen molar-refractivity contribution in [2.24, 2.45) is 0 Å². The number of nitrogens with zero attached hydrogens (tertiary/aromatic N) is 2. The van der Waals surface area contributed by atoms with Crippen molar-refractivity contribution in [2.75, 3.05) is 0 Å². The van der Waals surface area contributed by atoms with Crippen molar-refractivity contribution in [3.05, 3.63) is 58.7 Å². The number of rotatable bonds is 3. The second-order valence-corrected chi connectivity index (χ2v) is 9.64. The van der Waals surface area contributed by atoms with E-state index in [1.807, 2.05) is 23.6 Å².